The number of hydrogen-bond acceptors (Lipinski definition) is 6. The summed E-state index contributed by atoms with van der Waals surface area (Å²) in [7, 11) is 0. The number of hydrogen-bond donors (Lipinski definition) is 3. The number of benzene rings is 3. The van der Waals surface area contributed by atoms with Gasteiger partial charge in [0.25, 0.3) is 0 Å². The lowest BCUT2D eigenvalue weighted by atomic mass is 10.0. The van der Waals surface area contributed by atoms with Gasteiger partial charge in [-0.25, -0.2) is 4.79 Å². The number of rotatable bonds is 6. The normalized spacial score (nSPS) is 10.8. The Kier molecular flexibility index (Phi) is 5.81. The smallest absolute Gasteiger partial charge is 0.340 e. The van der Waals surface area contributed by atoms with Crippen LogP contribution in [-0.4, -0.2) is 16.1 Å². The van der Waals surface area contributed by atoms with Crippen LogP contribution in [0.5, 0.6) is 17.2 Å². The van der Waals surface area contributed by atoms with Gasteiger partial charge in [-0.3, -0.25) is 4.79 Å². The van der Waals surface area contributed by atoms with E-state index in [0.29, 0.717) is 23.6 Å². The van der Waals surface area contributed by atoms with Crippen molar-refractivity contribution in [1.29, 1.82) is 0 Å². The maximum Gasteiger partial charge on any atom is 0.340 e. The number of aryl methyl sites for hydroxylation is 1. The van der Waals surface area contributed by atoms with E-state index in [1.807, 2.05) is 30.3 Å². The van der Waals surface area contributed by atoms with Crippen molar-refractivity contribution < 1.29 is 24.2 Å². The highest BCUT2D eigenvalue weighted by Crippen LogP contribution is 2.32. The number of anilines is 1. The molecule has 4 rings (SSSR count). The minimum Gasteiger partial charge on any atom is -0.508 e. The first-order valence-corrected chi connectivity index (χ1v) is 9.95. The van der Waals surface area contributed by atoms with Gasteiger partial charge in [0.1, 0.15) is 29.4 Å². The lowest BCUT2D eigenvalue weighted by Crippen LogP contribution is -2.20. The lowest BCUT2D eigenvalue weighted by Gasteiger charge is -2.11. The molecule has 0 aliphatic rings. The van der Waals surface area contributed by atoms with Gasteiger partial charge in [0.15, 0.2) is 0 Å². The summed E-state index contributed by atoms with van der Waals surface area (Å²) in [5.41, 5.74) is 1.53. The SMILES string of the molecule is Cc1c(CC(=O)Nc2ccc(OCc3ccccc3)cc2)c(=O)oc2cc(O)cc(O)c12. The van der Waals surface area contributed by atoms with Gasteiger partial charge in [0.05, 0.1) is 17.4 Å². The molecule has 0 bridgehead atoms. The fourth-order valence-corrected chi connectivity index (χ4v) is 3.46. The van der Waals surface area contributed by atoms with Crippen LogP contribution in [0.4, 0.5) is 5.69 Å². The van der Waals surface area contributed by atoms with Crippen LogP contribution in [-0.2, 0) is 17.8 Å². The number of phenols is 2. The van der Waals surface area contributed by atoms with Crippen molar-refractivity contribution in [3.63, 3.8) is 0 Å². The molecule has 0 unspecified atom stereocenters. The summed E-state index contributed by atoms with van der Waals surface area (Å²) >= 11 is 0. The summed E-state index contributed by atoms with van der Waals surface area (Å²) in [5, 5.41) is 22.7. The minimum atomic E-state index is -0.695. The third-order valence-electron chi connectivity index (χ3n) is 5.07. The molecule has 0 radical (unpaired) electrons. The first kappa shape index (κ1) is 21.0. The van der Waals surface area contributed by atoms with Crippen molar-refractivity contribution in [3.05, 3.63) is 93.8 Å². The number of carbonyl (C=O) groups excluding carboxylic acids is 1. The number of nitrogens with one attached hydrogen (secondary N) is 1. The molecule has 1 aromatic heterocycles. The molecule has 7 heteroatoms. The lowest BCUT2D eigenvalue weighted by molar-refractivity contribution is -0.115. The predicted molar refractivity (Wildman–Crippen MR) is 120 cm³/mol. The van der Waals surface area contributed by atoms with E-state index in [2.05, 4.69) is 5.32 Å². The zero-order chi connectivity index (χ0) is 22.7. The van der Waals surface area contributed by atoms with E-state index in [0.717, 1.165) is 11.6 Å². The summed E-state index contributed by atoms with van der Waals surface area (Å²) in [6, 6.07) is 19.1. The van der Waals surface area contributed by atoms with Crippen molar-refractivity contribution >= 4 is 22.6 Å². The highest BCUT2D eigenvalue weighted by Gasteiger charge is 2.18. The van der Waals surface area contributed by atoms with E-state index < -0.39 is 11.5 Å². The van der Waals surface area contributed by atoms with Gasteiger partial charge in [-0.05, 0) is 42.3 Å². The fourth-order valence-electron chi connectivity index (χ4n) is 3.46. The predicted octanol–water partition coefficient (Wildman–Crippen LogP) is 4.27. The monoisotopic (exact) mass is 431 g/mol. The Morgan fingerprint density at radius 1 is 1.03 bits per heavy atom. The maximum absolute atomic E-state index is 12.5. The van der Waals surface area contributed by atoms with Crippen LogP contribution in [0, 0.1) is 6.92 Å². The van der Waals surface area contributed by atoms with E-state index in [9.17, 15) is 19.8 Å². The van der Waals surface area contributed by atoms with E-state index in [1.54, 1.807) is 31.2 Å². The zero-order valence-corrected chi connectivity index (χ0v) is 17.3. The molecular weight excluding hydrogens is 410 g/mol. The molecule has 7 nitrogen and oxygen atoms in total. The van der Waals surface area contributed by atoms with Gasteiger partial charge in [-0.15, -0.1) is 0 Å². The maximum atomic E-state index is 12.5. The van der Waals surface area contributed by atoms with E-state index in [4.69, 9.17) is 9.15 Å². The van der Waals surface area contributed by atoms with Gasteiger partial charge in [-0.2, -0.15) is 0 Å². The highest BCUT2D eigenvalue weighted by molar-refractivity contribution is 5.94. The fraction of sp³-hybridized carbons (Fsp3) is 0.120. The summed E-state index contributed by atoms with van der Waals surface area (Å²) in [5.74, 6) is -0.194. The number of carbonyl (C=O) groups is 1. The van der Waals surface area contributed by atoms with Crippen LogP contribution in [0.25, 0.3) is 11.0 Å². The van der Waals surface area contributed by atoms with Crippen molar-refractivity contribution in [2.75, 3.05) is 5.32 Å². The molecule has 0 atom stereocenters. The van der Waals surface area contributed by atoms with Crippen LogP contribution in [0.15, 0.2) is 75.9 Å². The summed E-state index contributed by atoms with van der Waals surface area (Å²) < 4.78 is 10.9. The molecule has 162 valence electrons. The molecule has 4 aromatic rings. The Bertz CT molecular complexity index is 1330. The van der Waals surface area contributed by atoms with Crippen LogP contribution in [0.3, 0.4) is 0 Å². The van der Waals surface area contributed by atoms with Crippen LogP contribution < -0.4 is 15.7 Å². The number of amides is 1. The summed E-state index contributed by atoms with van der Waals surface area (Å²) in [4.78, 5) is 24.9. The molecule has 1 amide bonds. The number of fused-ring (bicyclic) bond motifs is 1. The van der Waals surface area contributed by atoms with E-state index in [1.165, 1.54) is 6.07 Å². The highest BCUT2D eigenvalue weighted by atomic mass is 16.5. The Balaban J connectivity index is 1.45. The largest absolute Gasteiger partial charge is 0.508 e. The Labute approximate surface area is 183 Å². The van der Waals surface area contributed by atoms with E-state index in [-0.39, 0.29) is 34.5 Å². The van der Waals surface area contributed by atoms with Gasteiger partial charge in [0, 0.05) is 17.8 Å². The molecule has 3 N–H and O–H groups in total. The molecule has 0 saturated carbocycles. The molecule has 0 aliphatic carbocycles. The van der Waals surface area contributed by atoms with Crippen molar-refractivity contribution in [3.8, 4) is 17.2 Å². The van der Waals surface area contributed by atoms with Crippen molar-refractivity contribution in [1.82, 2.24) is 0 Å². The van der Waals surface area contributed by atoms with Gasteiger partial charge < -0.3 is 24.7 Å². The first-order valence-electron chi connectivity index (χ1n) is 9.95. The average Bonchev–Trinajstić information content (AvgIpc) is 2.76. The number of ether oxygens (including phenoxy) is 1. The molecule has 0 aliphatic heterocycles. The van der Waals surface area contributed by atoms with Gasteiger partial charge in [-0.1, -0.05) is 30.3 Å². The Hall–Kier alpha value is -4.26. The van der Waals surface area contributed by atoms with E-state index >= 15 is 0 Å². The third-order valence-corrected chi connectivity index (χ3v) is 5.07. The molecule has 0 fully saturated rings. The Morgan fingerprint density at radius 2 is 1.75 bits per heavy atom. The summed E-state index contributed by atoms with van der Waals surface area (Å²) in [6.45, 7) is 2.06. The number of aromatic hydroxyl groups is 2. The topological polar surface area (TPSA) is 109 Å². The average molecular weight is 431 g/mol. The third kappa shape index (κ3) is 4.57. The second-order valence-corrected chi connectivity index (χ2v) is 7.35. The molecule has 3 aromatic carbocycles. The molecule has 0 spiro atoms. The van der Waals surface area contributed by atoms with Gasteiger partial charge in [0.2, 0.25) is 5.91 Å². The van der Waals surface area contributed by atoms with Crippen LogP contribution in [0.2, 0.25) is 0 Å². The number of phenolic OH excluding ortho intramolecular Hbond substituents is 2. The van der Waals surface area contributed by atoms with Crippen LogP contribution in [0.1, 0.15) is 16.7 Å². The summed E-state index contributed by atoms with van der Waals surface area (Å²) in [6.07, 6.45) is -0.226. The Morgan fingerprint density at radius 3 is 2.47 bits per heavy atom. The molecule has 0 saturated heterocycles. The van der Waals surface area contributed by atoms with Crippen molar-refractivity contribution in [2.45, 2.75) is 20.0 Å². The van der Waals surface area contributed by atoms with Gasteiger partial charge >= 0.3 is 5.63 Å². The zero-order valence-electron chi connectivity index (χ0n) is 17.3. The molecule has 1 heterocycles. The molecule has 32 heavy (non-hydrogen) atoms. The second-order valence-electron chi connectivity index (χ2n) is 7.35. The standard InChI is InChI=1S/C25H21NO6/c1-15-20(25(30)32-22-12-18(27)11-21(28)24(15)22)13-23(29)26-17-7-9-19(10-8-17)31-14-16-5-3-2-4-6-16/h2-12,27-28H,13-14H2,1H3,(H,26,29). The second kappa shape index (κ2) is 8.85. The minimum absolute atomic E-state index is 0.0558. The van der Waals surface area contributed by atoms with Crippen molar-refractivity contribution in [2.24, 2.45) is 0 Å². The first-order chi connectivity index (χ1) is 15.4. The quantitative estimate of drug-likeness (QED) is 0.393. The van der Waals surface area contributed by atoms with Crippen LogP contribution >= 0.6 is 0 Å². The molecular formula is C25H21NO6.